The molecule has 1 aromatic rings. The molecular weight excluding hydrogens is 393 g/mol. The zero-order valence-electron chi connectivity index (χ0n) is 13.0. The largest absolute Gasteiger partial charge is 0.449 e. The minimum absolute atomic E-state index is 0.194. The second kappa shape index (κ2) is 7.94. The highest BCUT2D eigenvalue weighted by molar-refractivity contribution is 14.1. The number of rotatable bonds is 4. The van der Waals surface area contributed by atoms with Crippen LogP contribution in [0.25, 0.3) is 0 Å². The van der Waals surface area contributed by atoms with Crippen LogP contribution in [0.5, 0.6) is 0 Å². The minimum Gasteiger partial charge on any atom is -0.449 e. The molecule has 120 valence electrons. The van der Waals surface area contributed by atoms with Crippen molar-refractivity contribution >= 4 is 34.5 Å². The van der Waals surface area contributed by atoms with Crippen molar-refractivity contribution in [3.63, 3.8) is 0 Å². The van der Waals surface area contributed by atoms with E-state index in [0.29, 0.717) is 11.5 Å². The Morgan fingerprint density at radius 3 is 2.64 bits per heavy atom. The van der Waals surface area contributed by atoms with Crippen molar-refractivity contribution in [1.82, 2.24) is 5.32 Å². The lowest BCUT2D eigenvalue weighted by Crippen LogP contribution is -2.46. The summed E-state index contributed by atoms with van der Waals surface area (Å²) in [6, 6.07) is 7.38. The summed E-state index contributed by atoms with van der Waals surface area (Å²) < 4.78 is 6.12. The number of hydrogen-bond donors (Lipinski definition) is 1. The first-order chi connectivity index (χ1) is 10.5. The molecule has 1 N–H and O–H groups in total. The molecule has 1 saturated carbocycles. The Hall–Kier alpha value is -1.11. The Balaban J connectivity index is 1.91. The maximum Gasteiger partial charge on any atom is 0.339 e. The van der Waals surface area contributed by atoms with Crippen LogP contribution in [0, 0.1) is 9.49 Å². The van der Waals surface area contributed by atoms with Crippen LogP contribution in [0.15, 0.2) is 24.3 Å². The molecule has 0 aliphatic heterocycles. The molecule has 22 heavy (non-hydrogen) atoms. The molecule has 2 rings (SSSR count). The lowest BCUT2D eigenvalue weighted by atomic mass is 9.86. The third-order valence-electron chi connectivity index (χ3n) is 4.19. The van der Waals surface area contributed by atoms with Crippen LogP contribution in [-0.2, 0) is 9.53 Å². The monoisotopic (exact) mass is 415 g/mol. The predicted molar refractivity (Wildman–Crippen MR) is 93.6 cm³/mol. The van der Waals surface area contributed by atoms with Crippen molar-refractivity contribution in [3.8, 4) is 0 Å². The predicted octanol–water partition coefficient (Wildman–Crippen LogP) is 3.53. The van der Waals surface area contributed by atoms with Crippen molar-refractivity contribution in [2.24, 2.45) is 5.92 Å². The van der Waals surface area contributed by atoms with Crippen LogP contribution in [-0.4, -0.2) is 24.0 Å². The smallest absolute Gasteiger partial charge is 0.339 e. The van der Waals surface area contributed by atoms with Crippen LogP contribution in [0.3, 0.4) is 0 Å². The molecule has 0 spiro atoms. The Morgan fingerprint density at radius 2 is 1.95 bits per heavy atom. The molecule has 0 radical (unpaired) electrons. The van der Waals surface area contributed by atoms with Crippen LogP contribution in [0.1, 0.15) is 49.9 Å². The van der Waals surface area contributed by atoms with Gasteiger partial charge in [0.15, 0.2) is 6.10 Å². The zero-order valence-corrected chi connectivity index (χ0v) is 15.1. The van der Waals surface area contributed by atoms with Crippen molar-refractivity contribution in [3.05, 3.63) is 33.4 Å². The van der Waals surface area contributed by atoms with E-state index in [9.17, 15) is 9.59 Å². The molecule has 1 aliphatic rings. The number of hydrogen-bond acceptors (Lipinski definition) is 3. The molecule has 3 atom stereocenters. The highest BCUT2D eigenvalue weighted by Crippen LogP contribution is 2.23. The molecule has 0 saturated heterocycles. The molecule has 5 heteroatoms. The third-order valence-corrected chi connectivity index (χ3v) is 5.13. The van der Waals surface area contributed by atoms with Gasteiger partial charge in [-0.25, -0.2) is 4.79 Å². The number of amides is 1. The molecular formula is C17H22INO3. The summed E-state index contributed by atoms with van der Waals surface area (Å²) in [6.45, 7) is 3.78. The Morgan fingerprint density at radius 1 is 1.27 bits per heavy atom. The normalized spacial score (nSPS) is 22.7. The van der Waals surface area contributed by atoms with E-state index >= 15 is 0 Å². The van der Waals surface area contributed by atoms with Gasteiger partial charge in [0, 0.05) is 9.61 Å². The average molecular weight is 415 g/mol. The van der Waals surface area contributed by atoms with E-state index < -0.39 is 12.1 Å². The van der Waals surface area contributed by atoms with Gasteiger partial charge in [0.1, 0.15) is 0 Å². The number of ether oxygens (including phenoxy) is 1. The standard InChI is InChI=1S/C17H22INO3/c1-11-7-3-6-10-15(11)19-16(20)12(2)22-17(21)13-8-4-5-9-14(13)18/h4-5,8-9,11-12,15H,3,6-7,10H2,1-2H3,(H,19,20)/t11-,12+,15-/m0/s1. The summed E-state index contributed by atoms with van der Waals surface area (Å²) in [6.07, 6.45) is 3.74. The quantitative estimate of drug-likeness (QED) is 0.605. The van der Waals surface area contributed by atoms with Gasteiger partial charge in [0.2, 0.25) is 0 Å². The lowest BCUT2D eigenvalue weighted by Gasteiger charge is -2.30. The van der Waals surface area contributed by atoms with E-state index in [0.717, 1.165) is 22.8 Å². The van der Waals surface area contributed by atoms with Crippen LogP contribution in [0.2, 0.25) is 0 Å². The SMILES string of the molecule is C[C@@H](OC(=O)c1ccccc1I)C(=O)N[C@H]1CCCC[C@@H]1C. The van der Waals surface area contributed by atoms with Gasteiger partial charge in [-0.2, -0.15) is 0 Å². The Bertz CT molecular complexity index is 546. The van der Waals surface area contributed by atoms with E-state index in [1.165, 1.54) is 6.42 Å². The van der Waals surface area contributed by atoms with Crippen molar-refractivity contribution in [2.45, 2.75) is 51.7 Å². The molecule has 0 aromatic heterocycles. The zero-order chi connectivity index (χ0) is 16.1. The Labute approximate surface area is 145 Å². The first-order valence-corrected chi connectivity index (χ1v) is 8.83. The van der Waals surface area contributed by atoms with E-state index in [4.69, 9.17) is 4.74 Å². The summed E-state index contributed by atoms with van der Waals surface area (Å²) >= 11 is 2.09. The number of halogens is 1. The number of benzene rings is 1. The van der Waals surface area contributed by atoms with Gasteiger partial charge < -0.3 is 10.1 Å². The summed E-state index contributed by atoms with van der Waals surface area (Å²) in [5.41, 5.74) is 0.494. The van der Waals surface area contributed by atoms with Crippen molar-refractivity contribution in [2.75, 3.05) is 0 Å². The average Bonchev–Trinajstić information content (AvgIpc) is 2.49. The summed E-state index contributed by atoms with van der Waals surface area (Å²) in [5.74, 6) is -0.182. The van der Waals surface area contributed by atoms with E-state index in [2.05, 4.69) is 34.8 Å². The van der Waals surface area contributed by atoms with Gasteiger partial charge >= 0.3 is 5.97 Å². The van der Waals surface area contributed by atoms with Gasteiger partial charge in [-0.3, -0.25) is 4.79 Å². The fourth-order valence-electron chi connectivity index (χ4n) is 2.74. The van der Waals surface area contributed by atoms with Crippen LogP contribution < -0.4 is 5.32 Å². The summed E-state index contributed by atoms with van der Waals surface area (Å²) in [5, 5.41) is 3.02. The number of esters is 1. The molecule has 1 aliphatic carbocycles. The van der Waals surface area contributed by atoms with Gasteiger partial charge in [0.25, 0.3) is 5.91 Å². The maximum absolute atomic E-state index is 12.2. The molecule has 0 bridgehead atoms. The summed E-state index contributed by atoms with van der Waals surface area (Å²) in [4.78, 5) is 24.3. The Kier molecular flexibility index (Phi) is 6.23. The third kappa shape index (κ3) is 4.44. The highest BCUT2D eigenvalue weighted by Gasteiger charge is 2.26. The van der Waals surface area contributed by atoms with Crippen molar-refractivity contribution in [1.29, 1.82) is 0 Å². The molecule has 0 unspecified atom stereocenters. The molecule has 0 heterocycles. The van der Waals surface area contributed by atoms with Gasteiger partial charge in [-0.05, 0) is 60.4 Å². The van der Waals surface area contributed by atoms with Crippen LogP contribution >= 0.6 is 22.6 Å². The van der Waals surface area contributed by atoms with Crippen molar-refractivity contribution < 1.29 is 14.3 Å². The highest BCUT2D eigenvalue weighted by atomic mass is 127. The lowest BCUT2D eigenvalue weighted by molar-refractivity contribution is -0.130. The minimum atomic E-state index is -0.780. The molecule has 1 aromatic carbocycles. The summed E-state index contributed by atoms with van der Waals surface area (Å²) in [7, 11) is 0. The number of nitrogens with one attached hydrogen (secondary N) is 1. The fraction of sp³-hybridized carbons (Fsp3) is 0.529. The van der Waals surface area contributed by atoms with E-state index in [1.807, 2.05) is 12.1 Å². The second-order valence-corrected chi connectivity index (χ2v) is 7.07. The topological polar surface area (TPSA) is 55.4 Å². The maximum atomic E-state index is 12.2. The van der Waals surface area contributed by atoms with Crippen LogP contribution in [0.4, 0.5) is 0 Å². The first kappa shape index (κ1) is 17.2. The molecule has 1 amide bonds. The second-order valence-electron chi connectivity index (χ2n) is 5.90. The molecule has 4 nitrogen and oxygen atoms in total. The number of carbonyl (C=O) groups is 2. The van der Waals surface area contributed by atoms with Gasteiger partial charge in [0.05, 0.1) is 5.56 Å². The van der Waals surface area contributed by atoms with Gasteiger partial charge in [-0.1, -0.05) is 31.9 Å². The molecule has 1 fully saturated rings. The fourth-order valence-corrected chi connectivity index (χ4v) is 3.34. The van der Waals surface area contributed by atoms with Gasteiger partial charge in [-0.15, -0.1) is 0 Å². The number of carbonyl (C=O) groups excluding carboxylic acids is 2. The first-order valence-electron chi connectivity index (χ1n) is 7.75. The van der Waals surface area contributed by atoms with E-state index in [1.54, 1.807) is 19.1 Å². The van der Waals surface area contributed by atoms with E-state index in [-0.39, 0.29) is 11.9 Å².